The first-order valence-corrected chi connectivity index (χ1v) is 10.8. The van der Waals surface area contributed by atoms with Crippen molar-refractivity contribution in [3.63, 3.8) is 0 Å². The van der Waals surface area contributed by atoms with Crippen LogP contribution in [-0.4, -0.2) is 20.7 Å². The molecule has 4 rings (SSSR count). The fraction of sp³-hybridized carbons (Fsp3) is 0.350. The van der Waals surface area contributed by atoms with Gasteiger partial charge >= 0.3 is 0 Å². The molecular formula is C20H20FN3O2S2. The van der Waals surface area contributed by atoms with Crippen LogP contribution in [0.4, 0.5) is 10.1 Å². The van der Waals surface area contributed by atoms with Gasteiger partial charge in [-0.3, -0.25) is 14.2 Å². The maximum Gasteiger partial charge on any atom is 0.262 e. The predicted molar refractivity (Wildman–Crippen MR) is 112 cm³/mol. The van der Waals surface area contributed by atoms with Crippen LogP contribution in [0.2, 0.25) is 0 Å². The number of benzene rings is 1. The summed E-state index contributed by atoms with van der Waals surface area (Å²) in [5.74, 6) is -0.630. The summed E-state index contributed by atoms with van der Waals surface area (Å²) < 4.78 is 15.2. The number of hydrogen-bond donors (Lipinski definition) is 1. The molecule has 1 N–H and O–H groups in total. The Morgan fingerprint density at radius 3 is 2.93 bits per heavy atom. The first-order valence-electron chi connectivity index (χ1n) is 9.10. The van der Waals surface area contributed by atoms with Crippen molar-refractivity contribution >= 4 is 44.9 Å². The Kier molecular flexibility index (Phi) is 5.01. The molecule has 0 aliphatic heterocycles. The number of nitrogens with zero attached hydrogens (tertiary/aromatic N) is 2. The molecule has 146 valence electrons. The first kappa shape index (κ1) is 19.1. The zero-order valence-electron chi connectivity index (χ0n) is 15.8. The standard InChI is InChI=1S/C20H20FN3O2S2/c1-10-7-8-12(9-14(10)21)22-17(25)11(2)27-20-23-18-16(19(26)24(20)3)13-5-4-6-15(13)28-18/h7-9,11H,4-6H2,1-3H3,(H,22,25). The third kappa shape index (κ3) is 3.35. The van der Waals surface area contributed by atoms with Gasteiger partial charge in [0.05, 0.1) is 10.6 Å². The normalized spacial score (nSPS) is 14.3. The van der Waals surface area contributed by atoms with E-state index in [4.69, 9.17) is 0 Å². The Labute approximate surface area is 170 Å². The Morgan fingerprint density at radius 1 is 1.39 bits per heavy atom. The molecule has 1 amide bonds. The highest BCUT2D eigenvalue weighted by Gasteiger charge is 2.24. The summed E-state index contributed by atoms with van der Waals surface area (Å²) in [5.41, 5.74) is 2.03. The van der Waals surface area contributed by atoms with Gasteiger partial charge in [-0.1, -0.05) is 17.8 Å². The second kappa shape index (κ2) is 7.33. The number of carbonyl (C=O) groups excluding carboxylic acids is 1. The summed E-state index contributed by atoms with van der Waals surface area (Å²) in [6.45, 7) is 3.41. The second-order valence-corrected chi connectivity index (χ2v) is 9.40. The van der Waals surface area contributed by atoms with Crippen molar-refractivity contribution in [3.05, 3.63) is 50.4 Å². The molecule has 2 aromatic heterocycles. The smallest absolute Gasteiger partial charge is 0.262 e. The fourth-order valence-corrected chi connectivity index (χ4v) is 5.51. The highest BCUT2D eigenvalue weighted by molar-refractivity contribution is 8.00. The number of halogens is 1. The van der Waals surface area contributed by atoms with Crippen molar-refractivity contribution in [1.82, 2.24) is 9.55 Å². The molecule has 0 fully saturated rings. The predicted octanol–water partition coefficient (Wildman–Crippen LogP) is 4.05. The van der Waals surface area contributed by atoms with Gasteiger partial charge in [-0.05, 0) is 56.4 Å². The van der Waals surface area contributed by atoms with Crippen molar-refractivity contribution < 1.29 is 9.18 Å². The number of amides is 1. The maximum atomic E-state index is 13.7. The van der Waals surface area contributed by atoms with E-state index in [0.717, 1.165) is 35.0 Å². The number of nitrogens with one attached hydrogen (secondary N) is 1. The molecular weight excluding hydrogens is 397 g/mol. The van der Waals surface area contributed by atoms with Gasteiger partial charge in [0.2, 0.25) is 5.91 Å². The van der Waals surface area contributed by atoms with Gasteiger partial charge in [0, 0.05) is 17.6 Å². The summed E-state index contributed by atoms with van der Waals surface area (Å²) in [7, 11) is 1.69. The van der Waals surface area contributed by atoms with Crippen molar-refractivity contribution in [2.24, 2.45) is 7.05 Å². The molecule has 0 spiro atoms. The largest absolute Gasteiger partial charge is 0.325 e. The molecule has 0 bridgehead atoms. The number of fused-ring (bicyclic) bond motifs is 3. The van der Waals surface area contributed by atoms with Crippen LogP contribution < -0.4 is 10.9 Å². The van der Waals surface area contributed by atoms with Crippen LogP contribution in [0, 0.1) is 12.7 Å². The van der Waals surface area contributed by atoms with Gasteiger partial charge in [-0.15, -0.1) is 11.3 Å². The quantitative estimate of drug-likeness (QED) is 0.514. The molecule has 5 nitrogen and oxygen atoms in total. The number of anilines is 1. The molecule has 1 atom stereocenters. The molecule has 8 heteroatoms. The van der Waals surface area contributed by atoms with Crippen LogP contribution >= 0.6 is 23.1 Å². The van der Waals surface area contributed by atoms with E-state index in [1.54, 1.807) is 44.4 Å². The SMILES string of the molecule is Cc1ccc(NC(=O)C(C)Sc2nc3sc4c(c3c(=O)n2C)CCC4)cc1F. The molecule has 3 aromatic rings. The zero-order chi connectivity index (χ0) is 20.0. The van der Waals surface area contributed by atoms with Gasteiger partial charge in [0.25, 0.3) is 5.56 Å². The number of aryl methyl sites for hydroxylation is 3. The molecule has 1 aromatic carbocycles. The van der Waals surface area contributed by atoms with Crippen LogP contribution in [0.1, 0.15) is 29.3 Å². The minimum Gasteiger partial charge on any atom is -0.325 e. The molecule has 1 aliphatic rings. The fourth-order valence-electron chi connectivity index (χ4n) is 3.34. The highest BCUT2D eigenvalue weighted by Crippen LogP contribution is 2.35. The minimum atomic E-state index is -0.494. The van der Waals surface area contributed by atoms with E-state index in [2.05, 4.69) is 10.3 Å². The lowest BCUT2D eigenvalue weighted by atomic mass is 10.2. The van der Waals surface area contributed by atoms with E-state index in [0.29, 0.717) is 16.4 Å². The molecule has 0 saturated carbocycles. The van der Waals surface area contributed by atoms with Gasteiger partial charge < -0.3 is 5.32 Å². The van der Waals surface area contributed by atoms with Crippen LogP contribution in [0.25, 0.3) is 10.2 Å². The third-order valence-electron chi connectivity index (χ3n) is 5.00. The van der Waals surface area contributed by atoms with Gasteiger partial charge in [0.15, 0.2) is 5.16 Å². The number of hydrogen-bond acceptors (Lipinski definition) is 5. The van der Waals surface area contributed by atoms with Crippen molar-refractivity contribution in [2.45, 2.75) is 43.5 Å². The van der Waals surface area contributed by atoms with E-state index < -0.39 is 5.25 Å². The van der Waals surface area contributed by atoms with Gasteiger partial charge in [-0.2, -0.15) is 0 Å². The van der Waals surface area contributed by atoms with E-state index in [1.807, 2.05) is 0 Å². The summed E-state index contributed by atoms with van der Waals surface area (Å²) in [5, 5.41) is 3.47. The Morgan fingerprint density at radius 2 is 2.18 bits per heavy atom. The number of thiophene rings is 1. The number of carbonyl (C=O) groups is 1. The average Bonchev–Trinajstić information content (AvgIpc) is 3.23. The first-order chi connectivity index (χ1) is 13.3. The van der Waals surface area contributed by atoms with Crippen molar-refractivity contribution in [2.75, 3.05) is 5.32 Å². The number of rotatable bonds is 4. The average molecular weight is 418 g/mol. The molecule has 1 aliphatic carbocycles. The summed E-state index contributed by atoms with van der Waals surface area (Å²) in [6.07, 6.45) is 3.03. The van der Waals surface area contributed by atoms with E-state index in [1.165, 1.54) is 27.3 Å². The van der Waals surface area contributed by atoms with E-state index in [-0.39, 0.29) is 17.3 Å². The number of thioether (sulfide) groups is 1. The lowest BCUT2D eigenvalue weighted by molar-refractivity contribution is -0.115. The molecule has 0 saturated heterocycles. The van der Waals surface area contributed by atoms with Crippen LogP contribution in [0.15, 0.2) is 28.2 Å². The Bertz CT molecular complexity index is 1150. The lowest BCUT2D eigenvalue weighted by Crippen LogP contribution is -2.25. The Balaban J connectivity index is 1.57. The Hall–Kier alpha value is -2.19. The summed E-state index contributed by atoms with van der Waals surface area (Å²) in [6, 6.07) is 4.59. The maximum absolute atomic E-state index is 13.7. The third-order valence-corrected chi connectivity index (χ3v) is 7.33. The van der Waals surface area contributed by atoms with Crippen molar-refractivity contribution in [3.8, 4) is 0 Å². The van der Waals surface area contributed by atoms with Gasteiger partial charge in [0.1, 0.15) is 10.6 Å². The van der Waals surface area contributed by atoms with E-state index >= 15 is 0 Å². The van der Waals surface area contributed by atoms with Crippen LogP contribution in [0.3, 0.4) is 0 Å². The highest BCUT2D eigenvalue weighted by atomic mass is 32.2. The lowest BCUT2D eigenvalue weighted by Gasteiger charge is -2.14. The summed E-state index contributed by atoms with van der Waals surface area (Å²) >= 11 is 2.81. The van der Waals surface area contributed by atoms with Crippen LogP contribution in [-0.2, 0) is 24.7 Å². The van der Waals surface area contributed by atoms with Crippen LogP contribution in [0.5, 0.6) is 0 Å². The monoisotopic (exact) mass is 417 g/mol. The second-order valence-electron chi connectivity index (χ2n) is 7.01. The molecule has 1 unspecified atom stereocenters. The minimum absolute atomic E-state index is 0.0555. The van der Waals surface area contributed by atoms with Gasteiger partial charge in [-0.25, -0.2) is 9.37 Å². The molecule has 2 heterocycles. The molecule has 28 heavy (non-hydrogen) atoms. The van der Waals surface area contributed by atoms with Crippen molar-refractivity contribution in [1.29, 1.82) is 0 Å². The number of aromatic nitrogens is 2. The van der Waals surface area contributed by atoms with E-state index in [9.17, 15) is 14.0 Å². The molecule has 0 radical (unpaired) electrons. The summed E-state index contributed by atoms with van der Waals surface area (Å²) in [4.78, 5) is 32.0. The topological polar surface area (TPSA) is 64.0 Å². The zero-order valence-corrected chi connectivity index (χ0v) is 17.5.